The van der Waals surface area contributed by atoms with Gasteiger partial charge in [-0.1, -0.05) is 42.5 Å². The Kier molecular flexibility index (Phi) is 6.52. The van der Waals surface area contributed by atoms with E-state index >= 15 is 0 Å². The van der Waals surface area contributed by atoms with Crippen molar-refractivity contribution < 1.29 is 18.6 Å². The fraction of sp³-hybridized carbons (Fsp3) is 0.192. The van der Waals surface area contributed by atoms with Gasteiger partial charge in [0.15, 0.2) is 5.43 Å². The van der Waals surface area contributed by atoms with Gasteiger partial charge in [0.25, 0.3) is 0 Å². The van der Waals surface area contributed by atoms with Crippen molar-refractivity contribution in [1.29, 1.82) is 0 Å². The molecule has 0 amide bonds. The molecule has 164 valence electrons. The largest absolute Gasteiger partial charge is 0.497 e. The fourth-order valence-electron chi connectivity index (χ4n) is 3.44. The number of pyridine rings is 1. The molecule has 1 heterocycles. The first kappa shape index (κ1) is 21.6. The molecule has 0 fully saturated rings. The van der Waals surface area contributed by atoms with Crippen molar-refractivity contribution >= 4 is 10.9 Å². The van der Waals surface area contributed by atoms with Crippen molar-refractivity contribution in [1.82, 2.24) is 4.98 Å². The lowest BCUT2D eigenvalue weighted by Gasteiger charge is -2.16. The van der Waals surface area contributed by atoms with E-state index in [2.05, 4.69) is 4.98 Å². The number of rotatable bonds is 8. The molecule has 0 saturated heterocycles. The highest BCUT2D eigenvalue weighted by Gasteiger charge is 2.16. The molecule has 6 heteroatoms. The molecule has 0 aliphatic rings. The molecule has 0 aliphatic heterocycles. The maximum absolute atomic E-state index is 14.6. The number of nitrogens with one attached hydrogen (secondary N) is 1. The Morgan fingerprint density at radius 2 is 1.75 bits per heavy atom. The lowest BCUT2D eigenvalue weighted by Crippen LogP contribution is -2.18. The Labute approximate surface area is 185 Å². The summed E-state index contributed by atoms with van der Waals surface area (Å²) in [6.07, 6.45) is 1.38. The third kappa shape index (κ3) is 4.65. The summed E-state index contributed by atoms with van der Waals surface area (Å²) in [5, 5.41) is -0.0336. The summed E-state index contributed by atoms with van der Waals surface area (Å²) in [7, 11) is 1.57. The van der Waals surface area contributed by atoms with Crippen LogP contribution in [-0.2, 0) is 11.3 Å². The molecule has 4 aromatic rings. The van der Waals surface area contributed by atoms with Gasteiger partial charge in [-0.05, 0) is 42.3 Å². The van der Waals surface area contributed by atoms with Gasteiger partial charge in [-0.25, -0.2) is 4.39 Å². The van der Waals surface area contributed by atoms with E-state index in [0.29, 0.717) is 34.7 Å². The average Bonchev–Trinajstić information content (AvgIpc) is 2.83. The third-order valence-electron chi connectivity index (χ3n) is 5.20. The third-order valence-corrected chi connectivity index (χ3v) is 5.20. The maximum Gasteiger partial charge on any atom is 0.200 e. The molecule has 1 atom stereocenters. The molecular weight excluding hydrogens is 409 g/mol. The number of aromatic nitrogens is 1. The van der Waals surface area contributed by atoms with Gasteiger partial charge >= 0.3 is 0 Å². The molecule has 1 aromatic heterocycles. The van der Waals surface area contributed by atoms with E-state index in [1.807, 2.05) is 37.3 Å². The second-order valence-electron chi connectivity index (χ2n) is 7.47. The van der Waals surface area contributed by atoms with Crippen LogP contribution in [0.3, 0.4) is 0 Å². The summed E-state index contributed by atoms with van der Waals surface area (Å²) in [6, 6.07) is 19.7. The number of hydrogen-bond donors (Lipinski definition) is 1. The van der Waals surface area contributed by atoms with Crippen molar-refractivity contribution in [3.63, 3.8) is 0 Å². The number of hydrogen-bond acceptors (Lipinski definition) is 4. The number of halogens is 1. The summed E-state index contributed by atoms with van der Waals surface area (Å²) in [6.45, 7) is 2.63. The minimum atomic E-state index is -0.600. The van der Waals surface area contributed by atoms with Gasteiger partial charge < -0.3 is 19.2 Å². The first-order chi connectivity index (χ1) is 15.6. The highest BCUT2D eigenvalue weighted by molar-refractivity contribution is 5.88. The second-order valence-corrected chi connectivity index (χ2v) is 7.47. The Bertz CT molecular complexity index is 1250. The van der Waals surface area contributed by atoms with Crippen molar-refractivity contribution in [3.05, 3.63) is 94.5 Å². The summed E-state index contributed by atoms with van der Waals surface area (Å²) >= 11 is 0. The summed E-state index contributed by atoms with van der Waals surface area (Å²) in [5.74, 6) is 0.476. The van der Waals surface area contributed by atoms with Gasteiger partial charge in [-0.3, -0.25) is 4.79 Å². The van der Waals surface area contributed by atoms with Crippen molar-refractivity contribution in [2.45, 2.75) is 19.6 Å². The minimum Gasteiger partial charge on any atom is -0.497 e. The van der Waals surface area contributed by atoms with Crippen LogP contribution in [0, 0.1) is 5.82 Å². The number of fused-ring (bicyclic) bond motifs is 1. The Balaban J connectivity index is 1.54. The number of methoxy groups -OCH3 is 1. The van der Waals surface area contributed by atoms with Crippen LogP contribution in [0.1, 0.15) is 12.5 Å². The van der Waals surface area contributed by atoms with Gasteiger partial charge in [0.05, 0.1) is 30.7 Å². The van der Waals surface area contributed by atoms with E-state index in [-0.39, 0.29) is 18.1 Å². The molecule has 4 rings (SSSR count). The van der Waals surface area contributed by atoms with E-state index in [1.54, 1.807) is 37.6 Å². The minimum absolute atomic E-state index is 0.0336. The van der Waals surface area contributed by atoms with E-state index in [1.165, 1.54) is 12.1 Å². The molecule has 0 spiro atoms. The number of aromatic amines is 1. The summed E-state index contributed by atoms with van der Waals surface area (Å²) in [5.41, 5.74) is 2.03. The molecule has 1 unspecified atom stereocenters. The fourth-order valence-corrected chi connectivity index (χ4v) is 3.44. The van der Waals surface area contributed by atoms with Crippen LogP contribution < -0.4 is 14.9 Å². The van der Waals surface area contributed by atoms with Crippen LogP contribution in [0.5, 0.6) is 11.5 Å². The van der Waals surface area contributed by atoms with E-state index in [9.17, 15) is 9.18 Å². The smallest absolute Gasteiger partial charge is 0.200 e. The maximum atomic E-state index is 14.6. The molecule has 32 heavy (non-hydrogen) atoms. The Morgan fingerprint density at radius 1 is 1.00 bits per heavy atom. The standard InChI is InChI=1S/C26H24FNO4/c1-17(31-16-18-6-4-3-5-7-18)15-32-23-13-12-22(27)24-25(23)28-14-21(26(24)29)19-8-10-20(30-2)11-9-19/h3-14,17H,15-16H2,1-2H3,(H,28,29). The van der Waals surface area contributed by atoms with Crippen LogP contribution in [0.4, 0.5) is 4.39 Å². The number of H-pyrrole nitrogens is 1. The van der Waals surface area contributed by atoms with Gasteiger partial charge in [0.1, 0.15) is 23.9 Å². The molecule has 0 radical (unpaired) electrons. The first-order valence-electron chi connectivity index (χ1n) is 10.3. The molecule has 0 aliphatic carbocycles. The quantitative estimate of drug-likeness (QED) is 0.408. The van der Waals surface area contributed by atoms with Crippen LogP contribution in [-0.4, -0.2) is 24.8 Å². The lowest BCUT2D eigenvalue weighted by molar-refractivity contribution is 0.0217. The highest BCUT2D eigenvalue weighted by atomic mass is 19.1. The van der Waals surface area contributed by atoms with Gasteiger partial charge in [-0.2, -0.15) is 0 Å². The van der Waals surface area contributed by atoms with Crippen LogP contribution >= 0.6 is 0 Å². The van der Waals surface area contributed by atoms with E-state index in [4.69, 9.17) is 14.2 Å². The zero-order chi connectivity index (χ0) is 22.5. The van der Waals surface area contributed by atoms with Crippen molar-refractivity contribution in [2.24, 2.45) is 0 Å². The number of benzene rings is 3. The molecule has 3 aromatic carbocycles. The molecule has 0 saturated carbocycles. The normalized spacial score (nSPS) is 12.0. The Morgan fingerprint density at radius 3 is 2.47 bits per heavy atom. The summed E-state index contributed by atoms with van der Waals surface area (Å²) < 4.78 is 31.5. The molecule has 0 bridgehead atoms. The molecular formula is C26H24FNO4. The predicted octanol–water partition coefficient (Wildman–Crippen LogP) is 5.33. The van der Waals surface area contributed by atoms with E-state index < -0.39 is 11.2 Å². The van der Waals surface area contributed by atoms with Gasteiger partial charge in [0, 0.05) is 11.8 Å². The average molecular weight is 433 g/mol. The SMILES string of the molecule is COc1ccc(-c2c[nH]c3c(OCC(C)OCc4ccccc4)ccc(F)c3c2=O)cc1. The highest BCUT2D eigenvalue weighted by Crippen LogP contribution is 2.27. The zero-order valence-corrected chi connectivity index (χ0v) is 17.9. The van der Waals surface area contributed by atoms with Crippen molar-refractivity contribution in [2.75, 3.05) is 13.7 Å². The van der Waals surface area contributed by atoms with Crippen LogP contribution in [0.2, 0.25) is 0 Å². The van der Waals surface area contributed by atoms with Gasteiger partial charge in [-0.15, -0.1) is 0 Å². The Hall–Kier alpha value is -3.64. The lowest BCUT2D eigenvalue weighted by atomic mass is 10.0. The summed E-state index contributed by atoms with van der Waals surface area (Å²) in [4.78, 5) is 16.1. The van der Waals surface area contributed by atoms with Crippen molar-refractivity contribution in [3.8, 4) is 22.6 Å². The predicted molar refractivity (Wildman–Crippen MR) is 123 cm³/mol. The zero-order valence-electron chi connectivity index (χ0n) is 17.9. The van der Waals surface area contributed by atoms with E-state index in [0.717, 1.165) is 5.56 Å². The topological polar surface area (TPSA) is 60.6 Å². The molecule has 5 nitrogen and oxygen atoms in total. The monoisotopic (exact) mass is 433 g/mol. The number of ether oxygens (including phenoxy) is 3. The van der Waals surface area contributed by atoms with Crippen LogP contribution in [0.15, 0.2) is 77.7 Å². The molecule has 1 N–H and O–H groups in total. The second kappa shape index (κ2) is 9.66. The van der Waals surface area contributed by atoms with Gasteiger partial charge in [0.2, 0.25) is 0 Å². The van der Waals surface area contributed by atoms with Crippen LogP contribution in [0.25, 0.3) is 22.0 Å². The first-order valence-corrected chi connectivity index (χ1v) is 10.3.